The molecule has 1 saturated heterocycles. The summed E-state index contributed by atoms with van der Waals surface area (Å²) in [6, 6.07) is 6.90. The monoisotopic (exact) mass is 332 g/mol. The van der Waals surface area contributed by atoms with Gasteiger partial charge in [-0.05, 0) is 31.2 Å². The van der Waals surface area contributed by atoms with Crippen LogP contribution in [0.2, 0.25) is 5.02 Å². The van der Waals surface area contributed by atoms with Gasteiger partial charge in [-0.25, -0.2) is 4.98 Å². The first-order valence-corrected chi connectivity index (χ1v) is 7.79. The molecule has 6 nitrogen and oxygen atoms in total. The highest BCUT2D eigenvalue weighted by atomic mass is 35.5. The average molecular weight is 333 g/mol. The van der Waals surface area contributed by atoms with Crippen LogP contribution in [-0.2, 0) is 0 Å². The van der Waals surface area contributed by atoms with Gasteiger partial charge in [0.25, 0.3) is 11.5 Å². The molecule has 1 aliphatic heterocycles. The van der Waals surface area contributed by atoms with E-state index in [0.29, 0.717) is 31.2 Å². The number of carbonyl (C=O) groups is 1. The molecule has 0 aromatic carbocycles. The number of aromatic amines is 1. The van der Waals surface area contributed by atoms with Crippen molar-refractivity contribution < 1.29 is 4.79 Å². The molecule has 0 radical (unpaired) electrons. The van der Waals surface area contributed by atoms with Gasteiger partial charge in [-0.3, -0.25) is 9.59 Å². The number of hydrogen-bond acceptors (Lipinski definition) is 4. The van der Waals surface area contributed by atoms with Crippen LogP contribution in [0, 0.1) is 6.92 Å². The Labute approximate surface area is 138 Å². The molecule has 0 bridgehead atoms. The van der Waals surface area contributed by atoms with Crippen molar-refractivity contribution >= 4 is 23.3 Å². The first-order valence-electron chi connectivity index (χ1n) is 7.41. The third-order valence-corrected chi connectivity index (χ3v) is 4.19. The number of anilines is 1. The van der Waals surface area contributed by atoms with Crippen LogP contribution in [-0.4, -0.2) is 47.0 Å². The lowest BCUT2D eigenvalue weighted by atomic mass is 10.2. The Morgan fingerprint density at radius 3 is 2.61 bits per heavy atom. The fraction of sp³-hybridized carbons (Fsp3) is 0.312. The summed E-state index contributed by atoms with van der Waals surface area (Å²) in [6.45, 7) is 4.10. The second kappa shape index (κ2) is 6.42. The molecule has 0 spiro atoms. The molecule has 1 aliphatic rings. The van der Waals surface area contributed by atoms with Gasteiger partial charge >= 0.3 is 0 Å². The normalized spacial score (nSPS) is 14.9. The molecule has 2 aromatic heterocycles. The average Bonchev–Trinajstić information content (AvgIpc) is 2.55. The molecule has 0 unspecified atom stereocenters. The molecule has 0 atom stereocenters. The highest BCUT2D eigenvalue weighted by molar-refractivity contribution is 6.32. The van der Waals surface area contributed by atoms with E-state index in [1.165, 1.54) is 0 Å². The number of H-pyrrole nitrogens is 1. The number of amides is 1. The minimum Gasteiger partial charge on any atom is -0.352 e. The highest BCUT2D eigenvalue weighted by Gasteiger charge is 2.25. The molecule has 1 fully saturated rings. The van der Waals surface area contributed by atoms with Crippen molar-refractivity contribution in [1.29, 1.82) is 0 Å². The van der Waals surface area contributed by atoms with Crippen molar-refractivity contribution in [2.75, 3.05) is 31.1 Å². The lowest BCUT2D eigenvalue weighted by molar-refractivity contribution is 0.0744. The number of rotatable bonds is 2. The summed E-state index contributed by atoms with van der Waals surface area (Å²) < 4.78 is 0. The summed E-state index contributed by atoms with van der Waals surface area (Å²) in [5.41, 5.74) is 0.575. The zero-order chi connectivity index (χ0) is 16.4. The second-order valence-electron chi connectivity index (χ2n) is 5.47. The number of nitrogens with zero attached hydrogens (tertiary/aromatic N) is 3. The Morgan fingerprint density at radius 2 is 1.96 bits per heavy atom. The first kappa shape index (κ1) is 15.6. The predicted molar refractivity (Wildman–Crippen MR) is 89.2 cm³/mol. The molecular formula is C16H17ClN4O2. The summed E-state index contributed by atoms with van der Waals surface area (Å²) >= 11 is 6.16. The van der Waals surface area contributed by atoms with E-state index in [9.17, 15) is 9.59 Å². The van der Waals surface area contributed by atoms with Crippen molar-refractivity contribution in [3.8, 4) is 0 Å². The number of pyridine rings is 2. The van der Waals surface area contributed by atoms with Gasteiger partial charge in [0.15, 0.2) is 0 Å². The van der Waals surface area contributed by atoms with Crippen LogP contribution in [0.3, 0.4) is 0 Å². The molecule has 2 aromatic rings. The lowest BCUT2D eigenvalue weighted by Gasteiger charge is -2.35. The SMILES string of the molecule is Cc1ccc(C(=O)N2CCN(c3ncccc3Cl)CC2)c(=O)[nH]1. The van der Waals surface area contributed by atoms with Crippen LogP contribution in [0.5, 0.6) is 0 Å². The topological polar surface area (TPSA) is 69.3 Å². The predicted octanol–water partition coefficient (Wildman–Crippen LogP) is 1.69. The van der Waals surface area contributed by atoms with E-state index < -0.39 is 0 Å². The van der Waals surface area contributed by atoms with E-state index in [2.05, 4.69) is 9.97 Å². The van der Waals surface area contributed by atoms with E-state index in [-0.39, 0.29) is 17.0 Å². The fourth-order valence-electron chi connectivity index (χ4n) is 2.64. The maximum absolute atomic E-state index is 12.5. The van der Waals surface area contributed by atoms with Crippen LogP contribution < -0.4 is 10.5 Å². The van der Waals surface area contributed by atoms with Crippen molar-refractivity contribution in [1.82, 2.24) is 14.9 Å². The zero-order valence-electron chi connectivity index (χ0n) is 12.8. The maximum atomic E-state index is 12.5. The van der Waals surface area contributed by atoms with Crippen molar-refractivity contribution in [3.05, 3.63) is 57.1 Å². The Bertz CT molecular complexity index is 782. The number of nitrogens with one attached hydrogen (secondary N) is 1. The Hall–Kier alpha value is -2.34. The maximum Gasteiger partial charge on any atom is 0.260 e. The molecule has 3 rings (SSSR count). The van der Waals surface area contributed by atoms with Gasteiger partial charge in [0.05, 0.1) is 5.02 Å². The van der Waals surface area contributed by atoms with Crippen LogP contribution in [0.15, 0.2) is 35.3 Å². The zero-order valence-corrected chi connectivity index (χ0v) is 13.5. The van der Waals surface area contributed by atoms with Crippen molar-refractivity contribution in [3.63, 3.8) is 0 Å². The number of aromatic nitrogens is 2. The highest BCUT2D eigenvalue weighted by Crippen LogP contribution is 2.23. The first-order chi connectivity index (χ1) is 11.1. The van der Waals surface area contributed by atoms with Gasteiger partial charge in [0.1, 0.15) is 11.4 Å². The Morgan fingerprint density at radius 1 is 1.22 bits per heavy atom. The minimum absolute atomic E-state index is 0.180. The summed E-state index contributed by atoms with van der Waals surface area (Å²) in [4.78, 5) is 35.1. The number of carbonyl (C=O) groups excluding carboxylic acids is 1. The molecule has 1 amide bonds. The summed E-state index contributed by atoms with van der Waals surface area (Å²) in [7, 11) is 0. The van der Waals surface area contributed by atoms with Crippen LogP contribution >= 0.6 is 11.6 Å². The van der Waals surface area contributed by atoms with E-state index in [4.69, 9.17) is 11.6 Å². The molecule has 0 aliphatic carbocycles. The van der Waals surface area contributed by atoms with Gasteiger partial charge in [-0.15, -0.1) is 0 Å². The van der Waals surface area contributed by atoms with Gasteiger partial charge in [0, 0.05) is 38.1 Å². The Balaban J connectivity index is 1.70. The molecular weight excluding hydrogens is 316 g/mol. The minimum atomic E-state index is -0.342. The third-order valence-electron chi connectivity index (χ3n) is 3.89. The summed E-state index contributed by atoms with van der Waals surface area (Å²) in [5.74, 6) is 0.493. The van der Waals surface area contributed by atoms with Gasteiger partial charge in [-0.1, -0.05) is 11.6 Å². The molecule has 0 saturated carbocycles. The van der Waals surface area contributed by atoms with Crippen LogP contribution in [0.25, 0.3) is 0 Å². The second-order valence-corrected chi connectivity index (χ2v) is 5.88. The summed E-state index contributed by atoms with van der Waals surface area (Å²) in [6.07, 6.45) is 1.70. The van der Waals surface area contributed by atoms with Gasteiger partial charge < -0.3 is 14.8 Å². The molecule has 23 heavy (non-hydrogen) atoms. The van der Waals surface area contributed by atoms with E-state index in [0.717, 1.165) is 11.5 Å². The Kier molecular flexibility index (Phi) is 4.34. The van der Waals surface area contributed by atoms with Gasteiger partial charge in [0.2, 0.25) is 0 Å². The molecule has 120 valence electrons. The smallest absolute Gasteiger partial charge is 0.260 e. The van der Waals surface area contributed by atoms with E-state index in [1.807, 2.05) is 4.90 Å². The third kappa shape index (κ3) is 3.22. The molecule has 7 heteroatoms. The largest absolute Gasteiger partial charge is 0.352 e. The van der Waals surface area contributed by atoms with Crippen molar-refractivity contribution in [2.24, 2.45) is 0 Å². The lowest BCUT2D eigenvalue weighted by Crippen LogP contribution is -2.50. The van der Waals surface area contributed by atoms with Crippen LogP contribution in [0.4, 0.5) is 5.82 Å². The van der Waals surface area contributed by atoms with Crippen molar-refractivity contribution in [2.45, 2.75) is 6.92 Å². The van der Waals surface area contributed by atoms with Crippen LogP contribution in [0.1, 0.15) is 16.1 Å². The number of piperazine rings is 1. The number of aryl methyl sites for hydroxylation is 1. The quantitative estimate of drug-likeness (QED) is 0.908. The van der Waals surface area contributed by atoms with Gasteiger partial charge in [-0.2, -0.15) is 0 Å². The number of halogens is 1. The molecule has 3 heterocycles. The van der Waals surface area contributed by atoms with E-state index >= 15 is 0 Å². The fourth-order valence-corrected chi connectivity index (χ4v) is 2.88. The molecule has 1 N–H and O–H groups in total. The standard InChI is InChI=1S/C16H17ClN4O2/c1-11-4-5-12(15(22)19-11)16(23)21-9-7-20(8-10-21)14-13(17)3-2-6-18-14/h2-6H,7-10H2,1H3,(H,19,22). The summed E-state index contributed by atoms with van der Waals surface area (Å²) in [5, 5.41) is 0.599. The van der Waals surface area contributed by atoms with E-state index in [1.54, 1.807) is 42.3 Å². The number of hydrogen-bond donors (Lipinski definition) is 1.